The van der Waals surface area contributed by atoms with Crippen molar-refractivity contribution in [1.29, 1.82) is 0 Å². The molecule has 3 aromatic rings. The van der Waals surface area contributed by atoms with Gasteiger partial charge in [0.05, 0.1) is 0 Å². The highest BCUT2D eigenvalue weighted by atomic mass is 16.6. The Balaban J connectivity index is 1.39. The van der Waals surface area contributed by atoms with Crippen LogP contribution in [0.1, 0.15) is 18.2 Å². The minimum atomic E-state index is -0.830. The predicted octanol–water partition coefficient (Wildman–Crippen LogP) is 3.92. The van der Waals surface area contributed by atoms with E-state index in [-0.39, 0.29) is 6.61 Å². The third-order valence-corrected chi connectivity index (χ3v) is 4.33. The SMILES string of the molecule is Cc1ccc(-c2cc(COC(=O)C3Oc4ccccc4OC3C)no2)cc1. The molecule has 0 amide bonds. The molecule has 2 heterocycles. The molecular formula is C21H19NO5. The summed E-state index contributed by atoms with van der Waals surface area (Å²) >= 11 is 0. The smallest absolute Gasteiger partial charge is 0.351 e. The zero-order valence-electron chi connectivity index (χ0n) is 15.0. The number of esters is 1. The van der Waals surface area contributed by atoms with Crippen molar-refractivity contribution in [3.63, 3.8) is 0 Å². The molecule has 27 heavy (non-hydrogen) atoms. The molecule has 1 aliphatic rings. The first-order chi connectivity index (χ1) is 13.1. The maximum atomic E-state index is 12.4. The van der Waals surface area contributed by atoms with Crippen LogP contribution in [0, 0.1) is 6.92 Å². The number of rotatable bonds is 4. The van der Waals surface area contributed by atoms with Crippen LogP contribution < -0.4 is 9.47 Å². The van der Waals surface area contributed by atoms with E-state index in [0.29, 0.717) is 23.0 Å². The standard InChI is InChI=1S/C21H19NO5/c1-13-7-9-15(10-8-13)19-11-16(22-27-19)12-24-21(23)20-14(2)25-17-5-3-4-6-18(17)26-20/h3-11,14,20H,12H2,1-2H3. The second-order valence-corrected chi connectivity index (χ2v) is 6.46. The Hall–Kier alpha value is -3.28. The highest BCUT2D eigenvalue weighted by Crippen LogP contribution is 2.33. The Bertz CT molecular complexity index is 947. The summed E-state index contributed by atoms with van der Waals surface area (Å²) in [4.78, 5) is 12.4. The van der Waals surface area contributed by atoms with Crippen molar-refractivity contribution >= 4 is 5.97 Å². The van der Waals surface area contributed by atoms with E-state index >= 15 is 0 Å². The van der Waals surface area contributed by atoms with Crippen LogP contribution in [0.2, 0.25) is 0 Å². The molecule has 0 N–H and O–H groups in total. The molecule has 0 fully saturated rings. The summed E-state index contributed by atoms with van der Waals surface area (Å²) in [5.41, 5.74) is 2.61. The van der Waals surface area contributed by atoms with Crippen molar-refractivity contribution < 1.29 is 23.5 Å². The van der Waals surface area contributed by atoms with Crippen LogP contribution in [0.3, 0.4) is 0 Å². The molecule has 2 atom stereocenters. The average Bonchev–Trinajstić information content (AvgIpc) is 3.15. The van der Waals surface area contributed by atoms with E-state index in [2.05, 4.69) is 5.16 Å². The maximum absolute atomic E-state index is 12.4. The number of para-hydroxylation sites is 2. The first kappa shape index (κ1) is 17.1. The van der Waals surface area contributed by atoms with Gasteiger partial charge in [0.15, 0.2) is 17.3 Å². The lowest BCUT2D eigenvalue weighted by Crippen LogP contribution is -2.44. The van der Waals surface area contributed by atoms with Crippen LogP contribution in [0.5, 0.6) is 11.5 Å². The van der Waals surface area contributed by atoms with Crippen molar-refractivity contribution in [2.24, 2.45) is 0 Å². The monoisotopic (exact) mass is 365 g/mol. The molecule has 4 rings (SSSR count). The van der Waals surface area contributed by atoms with Gasteiger partial charge in [-0.1, -0.05) is 47.1 Å². The van der Waals surface area contributed by atoms with Crippen LogP contribution in [0.15, 0.2) is 59.1 Å². The number of hydrogen-bond donors (Lipinski definition) is 0. The number of hydrogen-bond acceptors (Lipinski definition) is 6. The number of carbonyl (C=O) groups is 1. The molecule has 6 nitrogen and oxygen atoms in total. The topological polar surface area (TPSA) is 70.8 Å². The van der Waals surface area contributed by atoms with Crippen LogP contribution in [-0.4, -0.2) is 23.3 Å². The van der Waals surface area contributed by atoms with E-state index < -0.39 is 18.2 Å². The fourth-order valence-corrected chi connectivity index (χ4v) is 2.84. The lowest BCUT2D eigenvalue weighted by Gasteiger charge is -2.30. The lowest BCUT2D eigenvalue weighted by molar-refractivity contribution is -0.159. The van der Waals surface area contributed by atoms with Gasteiger partial charge >= 0.3 is 5.97 Å². The average molecular weight is 365 g/mol. The van der Waals surface area contributed by atoms with Crippen molar-refractivity contribution in [2.45, 2.75) is 32.7 Å². The normalized spacial score (nSPS) is 18.1. The summed E-state index contributed by atoms with van der Waals surface area (Å²) in [7, 11) is 0. The van der Waals surface area contributed by atoms with Gasteiger partial charge in [0.2, 0.25) is 6.10 Å². The highest BCUT2D eigenvalue weighted by Gasteiger charge is 2.35. The molecule has 1 aromatic heterocycles. The Morgan fingerprint density at radius 3 is 2.52 bits per heavy atom. The summed E-state index contributed by atoms with van der Waals surface area (Å²) in [6.45, 7) is 3.79. The molecule has 6 heteroatoms. The molecule has 0 bridgehead atoms. The van der Waals surface area contributed by atoms with Gasteiger partial charge < -0.3 is 18.7 Å². The van der Waals surface area contributed by atoms with Crippen molar-refractivity contribution in [3.8, 4) is 22.8 Å². The second-order valence-electron chi connectivity index (χ2n) is 6.46. The number of aryl methyl sites for hydroxylation is 1. The van der Waals surface area contributed by atoms with E-state index in [0.717, 1.165) is 11.1 Å². The molecule has 0 saturated heterocycles. The molecule has 0 radical (unpaired) electrons. The quantitative estimate of drug-likeness (QED) is 0.653. The molecule has 2 unspecified atom stereocenters. The molecule has 0 aliphatic carbocycles. The van der Waals surface area contributed by atoms with Crippen LogP contribution in [-0.2, 0) is 16.1 Å². The number of nitrogens with zero attached hydrogens (tertiary/aromatic N) is 1. The van der Waals surface area contributed by atoms with Crippen LogP contribution in [0.25, 0.3) is 11.3 Å². The lowest BCUT2D eigenvalue weighted by atomic mass is 10.1. The zero-order valence-corrected chi connectivity index (χ0v) is 15.0. The van der Waals surface area contributed by atoms with E-state index in [4.69, 9.17) is 18.7 Å². The number of aromatic nitrogens is 1. The van der Waals surface area contributed by atoms with Gasteiger partial charge in [-0.25, -0.2) is 4.79 Å². The Morgan fingerprint density at radius 2 is 1.78 bits per heavy atom. The van der Waals surface area contributed by atoms with Gasteiger partial charge in [-0.15, -0.1) is 0 Å². The maximum Gasteiger partial charge on any atom is 0.351 e. The fourth-order valence-electron chi connectivity index (χ4n) is 2.84. The molecular weight excluding hydrogens is 346 g/mol. The third-order valence-electron chi connectivity index (χ3n) is 4.33. The van der Waals surface area contributed by atoms with Crippen molar-refractivity contribution in [3.05, 3.63) is 65.9 Å². The highest BCUT2D eigenvalue weighted by molar-refractivity contribution is 5.76. The number of fused-ring (bicyclic) bond motifs is 1. The Labute approximate surface area is 156 Å². The fraction of sp³-hybridized carbons (Fsp3) is 0.238. The van der Waals surface area contributed by atoms with Gasteiger partial charge in [0.1, 0.15) is 18.4 Å². The van der Waals surface area contributed by atoms with Crippen molar-refractivity contribution in [2.75, 3.05) is 0 Å². The van der Waals surface area contributed by atoms with E-state index in [1.165, 1.54) is 0 Å². The summed E-state index contributed by atoms with van der Waals surface area (Å²) in [5, 5.41) is 3.96. The van der Waals surface area contributed by atoms with E-state index in [1.54, 1.807) is 25.1 Å². The molecule has 0 spiro atoms. The Morgan fingerprint density at radius 1 is 1.07 bits per heavy atom. The van der Waals surface area contributed by atoms with E-state index in [9.17, 15) is 4.79 Å². The minimum Gasteiger partial charge on any atom is -0.482 e. The summed E-state index contributed by atoms with van der Waals surface area (Å²) in [5.74, 6) is 1.27. The number of carbonyl (C=O) groups excluding carboxylic acids is 1. The van der Waals surface area contributed by atoms with Gasteiger partial charge in [-0.05, 0) is 26.0 Å². The van der Waals surface area contributed by atoms with Crippen LogP contribution in [0.4, 0.5) is 0 Å². The second kappa shape index (κ2) is 7.15. The number of ether oxygens (including phenoxy) is 3. The van der Waals surface area contributed by atoms with Crippen molar-refractivity contribution in [1.82, 2.24) is 5.16 Å². The molecule has 0 saturated carbocycles. The third kappa shape index (κ3) is 3.65. The molecule has 138 valence electrons. The minimum absolute atomic E-state index is 0.00240. The zero-order chi connectivity index (χ0) is 18.8. The van der Waals surface area contributed by atoms with Crippen LogP contribution >= 0.6 is 0 Å². The van der Waals surface area contributed by atoms with E-state index in [1.807, 2.05) is 43.3 Å². The number of benzene rings is 2. The largest absolute Gasteiger partial charge is 0.482 e. The first-order valence-electron chi connectivity index (χ1n) is 8.72. The first-order valence-corrected chi connectivity index (χ1v) is 8.72. The molecule has 1 aliphatic heterocycles. The summed E-state index contributed by atoms with van der Waals surface area (Å²) in [6.07, 6.45) is -1.28. The summed E-state index contributed by atoms with van der Waals surface area (Å²) < 4.78 is 22.2. The van der Waals surface area contributed by atoms with Gasteiger partial charge in [0, 0.05) is 11.6 Å². The van der Waals surface area contributed by atoms with Gasteiger partial charge in [-0.3, -0.25) is 0 Å². The summed E-state index contributed by atoms with van der Waals surface area (Å²) in [6, 6.07) is 16.9. The van der Waals surface area contributed by atoms with Gasteiger partial charge in [0.25, 0.3) is 0 Å². The molecule has 2 aromatic carbocycles. The van der Waals surface area contributed by atoms with Gasteiger partial charge in [-0.2, -0.15) is 0 Å². The predicted molar refractivity (Wildman–Crippen MR) is 97.4 cm³/mol. The Kier molecular flexibility index (Phi) is 4.54.